The molecule has 0 radical (unpaired) electrons. The third kappa shape index (κ3) is 36.6. The quantitative estimate of drug-likeness (QED) is 0.00876. The first-order chi connectivity index (χ1) is 48.3. The van der Waals surface area contributed by atoms with E-state index in [2.05, 4.69) is 46.7 Å². The van der Waals surface area contributed by atoms with E-state index in [0.29, 0.717) is 58.7 Å². The van der Waals surface area contributed by atoms with Gasteiger partial charge >= 0.3 is 47.5 Å². The van der Waals surface area contributed by atoms with E-state index in [1.165, 1.54) is 41.1 Å². The summed E-state index contributed by atoms with van der Waals surface area (Å²) < 4.78 is 106. The van der Waals surface area contributed by atoms with Crippen LogP contribution in [-0.4, -0.2) is 196 Å². The maximum absolute atomic E-state index is 15.4. The third-order valence-corrected chi connectivity index (χ3v) is 22.3. The number of phenols is 2. The number of nitrogens with two attached hydrogens (primary N) is 1. The number of aromatic hydroxyl groups is 2. The molecule has 6 rings (SSSR count). The van der Waals surface area contributed by atoms with Crippen molar-refractivity contribution in [3.05, 3.63) is 117 Å². The van der Waals surface area contributed by atoms with E-state index in [-0.39, 0.29) is 96.4 Å². The number of para-hydroxylation sites is 4. The van der Waals surface area contributed by atoms with Gasteiger partial charge in [-0.2, -0.15) is 0 Å². The Hall–Kier alpha value is -3.24. The van der Waals surface area contributed by atoms with Crippen molar-refractivity contribution in [3.8, 4) is 23.0 Å². The largest absolute Gasteiger partial charge is 2.00 e. The first-order valence-corrected chi connectivity index (χ1v) is 42.9. The topological polar surface area (TPSA) is 349 Å². The monoisotopic (exact) mass is 1630 g/mol. The summed E-state index contributed by atoms with van der Waals surface area (Å²) in [5, 5.41) is 40.5. The minimum Gasteiger partial charge on any atom is -0.507 e. The van der Waals surface area contributed by atoms with Crippen molar-refractivity contribution >= 4 is 30.4 Å². The van der Waals surface area contributed by atoms with Gasteiger partial charge < -0.3 is 92.6 Å². The number of aliphatic hydroxyl groups excluding tert-OH is 2. The van der Waals surface area contributed by atoms with E-state index in [0.717, 1.165) is 53.1 Å². The van der Waals surface area contributed by atoms with E-state index in [1.54, 1.807) is 12.1 Å². The summed E-state index contributed by atoms with van der Waals surface area (Å²) >= 11 is 0. The van der Waals surface area contributed by atoms with E-state index in [9.17, 15) is 49.1 Å². The number of unbranched alkanes of at least 4 members (excludes halogenated alkanes) is 2. The van der Waals surface area contributed by atoms with Gasteiger partial charge in [0, 0.05) is 111 Å². The van der Waals surface area contributed by atoms with Crippen LogP contribution in [0.1, 0.15) is 201 Å². The van der Waals surface area contributed by atoms with Crippen molar-refractivity contribution < 1.29 is 112 Å². The molecule has 32 heteroatoms. The average molecular weight is 1630 g/mol. The first kappa shape index (κ1) is 99.8. The zero-order valence-corrected chi connectivity index (χ0v) is 71.5. The number of rotatable bonds is 37. The second-order valence-corrected chi connectivity index (χ2v) is 39.4. The SMILES string of the molecule is C.CN.CN(C)CCCCC(N(Cc1cccc(CO)c1O)CP(=O)(O)O)N(Cc1cccc(CO)c1O)CP(=O)(O)O.CN(C)CCCC[C@@H](CN(Cc1cccc2c1OC(C)(C)OC2)CP(=O)(OC(C)(C)C)OC(C)(C)C)N(Cc1cccc2c1OC(C)(C)OC2)CP(=O)(OC(C)(C)C)OC(C)(C)C.[Fe+2]. The molecular formula is C75H133FeN7O20P4+2. The number of benzene rings is 4. The van der Waals surface area contributed by atoms with Gasteiger partial charge in [-0.25, -0.2) is 0 Å². The number of fused-ring (bicyclic) bond motifs is 2. The summed E-state index contributed by atoms with van der Waals surface area (Å²) in [6.07, 6.45) is 1.44. The van der Waals surface area contributed by atoms with Crippen LogP contribution in [0.5, 0.6) is 23.0 Å². The van der Waals surface area contributed by atoms with Crippen molar-refractivity contribution in [2.24, 2.45) is 5.73 Å². The Kier molecular flexibility index (Phi) is 39.9. The molecule has 0 aromatic heterocycles. The number of ether oxygens (including phenoxy) is 4. The summed E-state index contributed by atoms with van der Waals surface area (Å²) in [6, 6.07) is 21.1. The predicted molar refractivity (Wildman–Crippen MR) is 418 cm³/mol. The van der Waals surface area contributed by atoms with Crippen molar-refractivity contribution in [2.75, 3.05) is 80.0 Å². The van der Waals surface area contributed by atoms with E-state index in [1.807, 2.05) is 154 Å². The fourth-order valence-corrected chi connectivity index (χ4v) is 19.0. The fourth-order valence-electron chi connectivity index (χ4n) is 12.3. The van der Waals surface area contributed by atoms with Crippen LogP contribution in [0.3, 0.4) is 0 Å². The van der Waals surface area contributed by atoms with Crippen LogP contribution in [0.15, 0.2) is 72.8 Å². The van der Waals surface area contributed by atoms with Crippen LogP contribution in [0.25, 0.3) is 0 Å². The molecule has 2 aliphatic rings. The van der Waals surface area contributed by atoms with Gasteiger partial charge in [0.1, 0.15) is 48.1 Å². The van der Waals surface area contributed by atoms with Crippen LogP contribution in [0.4, 0.5) is 0 Å². The zero-order valence-electron chi connectivity index (χ0n) is 66.8. The van der Waals surface area contributed by atoms with Crippen LogP contribution in [0.2, 0.25) is 0 Å². The fraction of sp³-hybridized carbons (Fsp3) is 0.680. The third-order valence-electron chi connectivity index (χ3n) is 16.1. The van der Waals surface area contributed by atoms with E-state index in [4.69, 9.17) is 37.0 Å². The summed E-state index contributed by atoms with van der Waals surface area (Å²) in [5.41, 5.74) is 6.09. The molecule has 4 aromatic rings. The summed E-state index contributed by atoms with van der Waals surface area (Å²) in [7, 11) is -7.68. The Bertz CT molecular complexity index is 3430. The molecule has 2 aliphatic heterocycles. The Labute approximate surface area is 650 Å². The molecule has 614 valence electrons. The number of nitrogens with zero attached hydrogens (tertiary/aromatic N) is 6. The second-order valence-electron chi connectivity index (χ2n) is 32.5. The normalized spacial score (nSPS) is 15.2. The first-order valence-electron chi connectivity index (χ1n) is 35.9. The van der Waals surface area contributed by atoms with Crippen LogP contribution >= 0.6 is 30.4 Å². The van der Waals surface area contributed by atoms with Crippen molar-refractivity contribution in [1.82, 2.24) is 29.4 Å². The van der Waals surface area contributed by atoms with Crippen molar-refractivity contribution in [2.45, 2.75) is 256 Å². The molecule has 0 aliphatic carbocycles. The summed E-state index contributed by atoms with van der Waals surface area (Å²) in [6.45, 7) is 32.6. The summed E-state index contributed by atoms with van der Waals surface area (Å²) in [4.78, 5) is 51.1. The standard InChI is InChI=1S/C48H83N3O10P2.C25H41N3O10P2.CH5N.CH4.Fe/c1-43(2,3)58-62(52,59-44(4,5)6)34-50(29-36-23-21-25-38-32-54-47(13,14)56-41(36)38)31-40(27-19-20-28-49(17)18)51(35-63(53,60-45(7,8)9)61-46(10,11)12)30-37-24-22-26-39-33-55-48(15,16)57-42(37)39;1-26(2)12-4-3-11-23(27(17-39(33,34)35)13-19-7-5-9-21(15-29)24(19)31)28(18-40(36,37)38)14-20-8-6-10-22(16-30)25(20)32;1-2;;/h21-26,40H,19-20,27-35H2,1-18H3;5-10,23,29-32H,3-4,11-18H2,1-2H3,(H2,33,34,35)(H2,36,37,38);2H2,1H3;1H4;/q;;;;+2/t40-;;;;/m0..../s1. The number of aliphatic hydroxyl groups is 2. The van der Waals surface area contributed by atoms with E-state index < -0.39 is 96.3 Å². The zero-order chi connectivity index (χ0) is 79.5. The summed E-state index contributed by atoms with van der Waals surface area (Å²) in [5.74, 6) is -0.666. The Balaban J connectivity index is 0.000000764. The van der Waals surface area contributed by atoms with Gasteiger partial charge in [-0.15, -0.1) is 0 Å². The molecule has 0 amide bonds. The molecular weight excluding hydrogens is 1500 g/mol. The smallest absolute Gasteiger partial charge is 0.507 e. The molecule has 1 atom stereocenters. The van der Waals surface area contributed by atoms with Crippen molar-refractivity contribution in [3.63, 3.8) is 0 Å². The molecule has 0 unspecified atom stereocenters. The van der Waals surface area contributed by atoms with Crippen LogP contribution in [-0.2, 0) is 116 Å². The Morgan fingerprint density at radius 1 is 0.477 bits per heavy atom. The van der Waals surface area contributed by atoms with Gasteiger partial charge in [0.05, 0.1) is 55.0 Å². The molecule has 27 nitrogen and oxygen atoms in total. The maximum atomic E-state index is 15.4. The molecule has 0 bridgehead atoms. The average Bonchev–Trinajstić information content (AvgIpc) is 0.794. The minimum absolute atomic E-state index is 0. The van der Waals surface area contributed by atoms with Gasteiger partial charge in [-0.05, 0) is 164 Å². The van der Waals surface area contributed by atoms with Gasteiger partial charge in [0.2, 0.25) is 11.6 Å². The van der Waals surface area contributed by atoms with Crippen LogP contribution < -0.4 is 15.2 Å². The molecule has 0 saturated carbocycles. The second kappa shape index (κ2) is 42.8. The molecule has 2 heterocycles. The predicted octanol–water partition coefficient (Wildman–Crippen LogP) is 13.9. The Morgan fingerprint density at radius 3 is 1.16 bits per heavy atom. The molecule has 0 fully saturated rings. The molecule has 10 N–H and O–H groups in total. The van der Waals surface area contributed by atoms with Crippen molar-refractivity contribution in [1.29, 1.82) is 0 Å². The molecule has 4 aromatic carbocycles. The van der Waals surface area contributed by atoms with Gasteiger partial charge in [0.15, 0.2) is 0 Å². The number of hydrogen-bond donors (Lipinski definition) is 9. The van der Waals surface area contributed by atoms with Gasteiger partial charge in [0.25, 0.3) is 0 Å². The Morgan fingerprint density at radius 2 is 0.804 bits per heavy atom. The minimum atomic E-state index is -4.71. The van der Waals surface area contributed by atoms with Gasteiger partial charge in [-0.1, -0.05) is 86.6 Å². The molecule has 0 saturated heterocycles. The van der Waals surface area contributed by atoms with E-state index >= 15 is 9.13 Å². The number of hydrogen-bond acceptors (Lipinski definition) is 23. The molecule has 0 spiro atoms. The van der Waals surface area contributed by atoms with Gasteiger partial charge in [-0.3, -0.25) is 37.9 Å². The maximum Gasteiger partial charge on any atom is 2.00 e. The van der Waals surface area contributed by atoms with Crippen LogP contribution in [0, 0.1) is 0 Å². The molecule has 107 heavy (non-hydrogen) atoms.